The van der Waals surface area contributed by atoms with Gasteiger partial charge in [-0.25, -0.2) is 0 Å². The van der Waals surface area contributed by atoms with E-state index in [0.717, 1.165) is 6.42 Å². The molecular formula is C11H17NO4. The van der Waals surface area contributed by atoms with Crippen LogP contribution in [-0.2, 0) is 14.4 Å². The number of Topliss-reactive ketones (excluding diaryl/α,β-unsaturated/α-hetero) is 1. The van der Waals surface area contributed by atoms with Gasteiger partial charge in [-0.05, 0) is 19.8 Å². The molecule has 0 radical (unpaired) electrons. The molecule has 0 aliphatic carbocycles. The SMILES string of the molecule is CCCN1C(=O)CC[C@H]1C(=O)C(C)C(=O)O. The lowest BCUT2D eigenvalue weighted by Gasteiger charge is -2.24. The van der Waals surface area contributed by atoms with Crippen molar-refractivity contribution in [2.24, 2.45) is 5.92 Å². The van der Waals surface area contributed by atoms with Crippen LogP contribution in [0.1, 0.15) is 33.1 Å². The molecule has 16 heavy (non-hydrogen) atoms. The monoisotopic (exact) mass is 227 g/mol. The van der Waals surface area contributed by atoms with Crippen LogP contribution in [0.2, 0.25) is 0 Å². The Morgan fingerprint density at radius 1 is 1.56 bits per heavy atom. The molecule has 2 atom stereocenters. The first-order valence-electron chi connectivity index (χ1n) is 5.55. The molecule has 1 heterocycles. The summed E-state index contributed by atoms with van der Waals surface area (Å²) in [5.41, 5.74) is 0. The molecule has 5 heteroatoms. The van der Waals surface area contributed by atoms with Gasteiger partial charge in [0.1, 0.15) is 5.92 Å². The molecule has 0 aromatic heterocycles. The normalized spacial score (nSPS) is 22.2. The van der Waals surface area contributed by atoms with E-state index in [1.807, 2.05) is 6.92 Å². The lowest BCUT2D eigenvalue weighted by atomic mass is 9.98. The fourth-order valence-electron chi connectivity index (χ4n) is 1.96. The zero-order valence-electron chi connectivity index (χ0n) is 9.60. The van der Waals surface area contributed by atoms with Crippen molar-refractivity contribution in [3.63, 3.8) is 0 Å². The molecular weight excluding hydrogens is 210 g/mol. The highest BCUT2D eigenvalue weighted by atomic mass is 16.4. The minimum atomic E-state index is -1.12. The predicted octanol–water partition coefficient (Wildman–Crippen LogP) is 0.677. The van der Waals surface area contributed by atoms with Crippen LogP contribution in [0.3, 0.4) is 0 Å². The van der Waals surface area contributed by atoms with Gasteiger partial charge in [0.2, 0.25) is 5.91 Å². The van der Waals surface area contributed by atoms with Crippen molar-refractivity contribution in [2.75, 3.05) is 6.54 Å². The first kappa shape index (κ1) is 12.7. The predicted molar refractivity (Wildman–Crippen MR) is 56.8 cm³/mol. The topological polar surface area (TPSA) is 74.7 Å². The molecule has 1 aliphatic rings. The van der Waals surface area contributed by atoms with Gasteiger partial charge in [-0.1, -0.05) is 6.92 Å². The number of aliphatic carboxylic acids is 1. The Morgan fingerprint density at radius 3 is 2.69 bits per heavy atom. The van der Waals surface area contributed by atoms with Crippen molar-refractivity contribution < 1.29 is 19.5 Å². The van der Waals surface area contributed by atoms with Crippen LogP contribution < -0.4 is 0 Å². The van der Waals surface area contributed by atoms with E-state index in [4.69, 9.17) is 5.11 Å². The van der Waals surface area contributed by atoms with Gasteiger partial charge < -0.3 is 10.0 Å². The average molecular weight is 227 g/mol. The maximum atomic E-state index is 11.8. The van der Waals surface area contributed by atoms with Gasteiger partial charge in [0.05, 0.1) is 6.04 Å². The number of rotatable bonds is 5. The summed E-state index contributed by atoms with van der Waals surface area (Å²) in [5.74, 6) is -2.55. The van der Waals surface area contributed by atoms with Gasteiger partial charge >= 0.3 is 5.97 Å². The van der Waals surface area contributed by atoms with Crippen LogP contribution >= 0.6 is 0 Å². The molecule has 0 aromatic rings. The summed E-state index contributed by atoms with van der Waals surface area (Å²) in [5, 5.41) is 8.77. The minimum absolute atomic E-state index is 0.0437. The third-order valence-corrected chi connectivity index (χ3v) is 2.92. The van der Waals surface area contributed by atoms with Gasteiger partial charge in [0.25, 0.3) is 0 Å². The second kappa shape index (κ2) is 5.09. The van der Waals surface area contributed by atoms with Gasteiger partial charge in [0.15, 0.2) is 5.78 Å². The number of hydrogen-bond donors (Lipinski definition) is 1. The van der Waals surface area contributed by atoms with Gasteiger partial charge in [0, 0.05) is 13.0 Å². The molecule has 1 N–H and O–H groups in total. The molecule has 0 aromatic carbocycles. The molecule has 0 saturated carbocycles. The molecule has 1 amide bonds. The summed E-state index contributed by atoms with van der Waals surface area (Å²) in [6.45, 7) is 3.83. The maximum Gasteiger partial charge on any atom is 0.313 e. The van der Waals surface area contributed by atoms with E-state index < -0.39 is 17.9 Å². The molecule has 1 aliphatic heterocycles. The first-order valence-corrected chi connectivity index (χ1v) is 5.55. The zero-order valence-corrected chi connectivity index (χ0v) is 9.60. The molecule has 90 valence electrons. The molecule has 0 bridgehead atoms. The number of carbonyl (C=O) groups excluding carboxylic acids is 2. The van der Waals surface area contributed by atoms with Crippen molar-refractivity contribution in [3.05, 3.63) is 0 Å². The molecule has 1 saturated heterocycles. The Morgan fingerprint density at radius 2 is 2.19 bits per heavy atom. The van der Waals surface area contributed by atoms with E-state index >= 15 is 0 Å². The highest BCUT2D eigenvalue weighted by Crippen LogP contribution is 2.22. The minimum Gasteiger partial charge on any atom is -0.481 e. The second-order valence-corrected chi connectivity index (χ2v) is 4.10. The van der Waals surface area contributed by atoms with Crippen molar-refractivity contribution in [2.45, 2.75) is 39.2 Å². The third kappa shape index (κ3) is 2.40. The number of amides is 1. The highest BCUT2D eigenvalue weighted by molar-refractivity contribution is 6.03. The van der Waals surface area contributed by atoms with Crippen LogP contribution in [0.4, 0.5) is 0 Å². The number of hydrogen-bond acceptors (Lipinski definition) is 3. The summed E-state index contributed by atoms with van der Waals surface area (Å²) in [6, 6.07) is -0.529. The molecule has 1 unspecified atom stereocenters. The number of carboxylic acid groups (broad SMARTS) is 1. The van der Waals surface area contributed by atoms with Gasteiger partial charge in [-0.2, -0.15) is 0 Å². The summed E-state index contributed by atoms with van der Waals surface area (Å²) in [4.78, 5) is 35.6. The molecule has 0 spiro atoms. The molecule has 1 fully saturated rings. The Hall–Kier alpha value is -1.39. The van der Waals surface area contributed by atoms with E-state index in [-0.39, 0.29) is 11.7 Å². The first-order chi connectivity index (χ1) is 7.49. The van der Waals surface area contributed by atoms with Crippen LogP contribution in [0.5, 0.6) is 0 Å². The Kier molecular flexibility index (Phi) is 4.04. The van der Waals surface area contributed by atoms with Crippen molar-refractivity contribution in [3.8, 4) is 0 Å². The fraction of sp³-hybridized carbons (Fsp3) is 0.727. The summed E-state index contributed by atoms with van der Waals surface area (Å²) >= 11 is 0. The highest BCUT2D eigenvalue weighted by Gasteiger charge is 2.38. The number of carboxylic acids is 1. The van der Waals surface area contributed by atoms with Crippen LogP contribution in [-0.4, -0.2) is 40.3 Å². The van der Waals surface area contributed by atoms with E-state index in [9.17, 15) is 14.4 Å². The number of ketones is 1. The number of likely N-dealkylation sites (tertiary alicyclic amines) is 1. The average Bonchev–Trinajstić information content (AvgIpc) is 2.59. The van der Waals surface area contributed by atoms with E-state index in [0.29, 0.717) is 19.4 Å². The van der Waals surface area contributed by atoms with Crippen molar-refractivity contribution >= 4 is 17.7 Å². The molecule has 5 nitrogen and oxygen atoms in total. The maximum absolute atomic E-state index is 11.8. The Labute approximate surface area is 94.4 Å². The van der Waals surface area contributed by atoms with Gasteiger partial charge in [-0.3, -0.25) is 14.4 Å². The van der Waals surface area contributed by atoms with E-state index in [1.165, 1.54) is 11.8 Å². The number of carbonyl (C=O) groups is 3. The summed E-state index contributed by atoms with van der Waals surface area (Å²) in [7, 11) is 0. The van der Waals surface area contributed by atoms with Crippen molar-refractivity contribution in [1.29, 1.82) is 0 Å². The zero-order chi connectivity index (χ0) is 12.3. The quantitative estimate of drug-likeness (QED) is 0.701. The van der Waals surface area contributed by atoms with Crippen LogP contribution in [0.25, 0.3) is 0 Å². The smallest absolute Gasteiger partial charge is 0.313 e. The Bertz CT molecular complexity index is 313. The largest absolute Gasteiger partial charge is 0.481 e. The Balaban J connectivity index is 2.75. The van der Waals surface area contributed by atoms with Crippen LogP contribution in [0.15, 0.2) is 0 Å². The lowest BCUT2D eigenvalue weighted by molar-refractivity contribution is -0.148. The standard InChI is InChI=1S/C11H17NO4/c1-3-6-12-8(4-5-9(12)13)10(14)7(2)11(15)16/h7-8H,3-6H2,1-2H3,(H,15,16)/t7?,8-/m0/s1. The van der Waals surface area contributed by atoms with E-state index in [2.05, 4.69) is 0 Å². The lowest BCUT2D eigenvalue weighted by Crippen LogP contribution is -2.42. The summed E-state index contributed by atoms with van der Waals surface area (Å²) in [6.07, 6.45) is 1.58. The van der Waals surface area contributed by atoms with E-state index in [1.54, 1.807) is 0 Å². The second-order valence-electron chi connectivity index (χ2n) is 4.10. The third-order valence-electron chi connectivity index (χ3n) is 2.92. The van der Waals surface area contributed by atoms with Crippen molar-refractivity contribution in [1.82, 2.24) is 4.90 Å². The summed E-state index contributed by atoms with van der Waals surface area (Å²) < 4.78 is 0. The molecule has 1 rings (SSSR count). The fourth-order valence-corrected chi connectivity index (χ4v) is 1.96. The van der Waals surface area contributed by atoms with Gasteiger partial charge in [-0.15, -0.1) is 0 Å². The van der Waals surface area contributed by atoms with Crippen LogP contribution in [0, 0.1) is 5.92 Å². The number of nitrogens with zero attached hydrogens (tertiary/aromatic N) is 1.